The second kappa shape index (κ2) is 6.53. The molecule has 1 aromatic rings. The zero-order valence-electron chi connectivity index (χ0n) is 11.9. The highest BCUT2D eigenvalue weighted by molar-refractivity contribution is 5.96. The zero-order chi connectivity index (χ0) is 15.4. The first kappa shape index (κ1) is 15.2. The molecular formula is C14H19N3O4. The van der Waals surface area contributed by atoms with E-state index in [1.807, 2.05) is 7.05 Å². The number of nitro benzene ring substituents is 1. The van der Waals surface area contributed by atoms with Gasteiger partial charge in [0, 0.05) is 19.2 Å². The Labute approximate surface area is 122 Å². The number of piperidine rings is 1. The molecule has 114 valence electrons. The fourth-order valence-corrected chi connectivity index (χ4v) is 2.74. The molecule has 2 rings (SSSR count). The molecule has 2 N–H and O–H groups in total. The Morgan fingerprint density at radius 3 is 2.95 bits per heavy atom. The smallest absolute Gasteiger partial charge is 0.338 e. The first-order valence-electron chi connectivity index (χ1n) is 6.92. The minimum absolute atomic E-state index is 0.0617. The molecular weight excluding hydrogens is 274 g/mol. The van der Waals surface area contributed by atoms with Gasteiger partial charge in [-0.3, -0.25) is 10.1 Å². The van der Waals surface area contributed by atoms with Gasteiger partial charge in [0.2, 0.25) is 0 Å². The van der Waals surface area contributed by atoms with Gasteiger partial charge in [-0.25, -0.2) is 4.79 Å². The second-order valence-corrected chi connectivity index (χ2v) is 5.41. The van der Waals surface area contributed by atoms with Gasteiger partial charge in [-0.05, 0) is 38.4 Å². The minimum atomic E-state index is -1.16. The van der Waals surface area contributed by atoms with E-state index in [2.05, 4.69) is 10.2 Å². The number of aromatic carboxylic acids is 1. The van der Waals surface area contributed by atoms with Crippen molar-refractivity contribution in [3.8, 4) is 0 Å². The fraction of sp³-hybridized carbons (Fsp3) is 0.500. The summed E-state index contributed by atoms with van der Waals surface area (Å²) in [6.07, 6.45) is 2.13. The van der Waals surface area contributed by atoms with Crippen LogP contribution >= 0.6 is 0 Å². The van der Waals surface area contributed by atoms with Crippen LogP contribution in [-0.2, 0) is 0 Å². The van der Waals surface area contributed by atoms with Crippen LogP contribution in [-0.4, -0.2) is 47.6 Å². The maximum Gasteiger partial charge on any atom is 0.338 e. The van der Waals surface area contributed by atoms with E-state index in [9.17, 15) is 20.0 Å². The van der Waals surface area contributed by atoms with Gasteiger partial charge in [0.05, 0.1) is 10.5 Å². The summed E-state index contributed by atoms with van der Waals surface area (Å²) in [5, 5.41) is 23.2. The summed E-state index contributed by atoms with van der Waals surface area (Å²) in [4.78, 5) is 24.0. The average Bonchev–Trinajstić information content (AvgIpc) is 2.44. The summed E-state index contributed by atoms with van der Waals surface area (Å²) in [6.45, 7) is 2.51. The highest BCUT2D eigenvalue weighted by atomic mass is 16.6. The molecule has 0 saturated carbocycles. The molecule has 1 heterocycles. The Balaban J connectivity index is 2.17. The Morgan fingerprint density at radius 1 is 1.57 bits per heavy atom. The average molecular weight is 293 g/mol. The zero-order valence-corrected chi connectivity index (χ0v) is 11.9. The van der Waals surface area contributed by atoms with Crippen LogP contribution in [0.4, 0.5) is 11.4 Å². The van der Waals surface area contributed by atoms with E-state index in [1.165, 1.54) is 18.2 Å². The summed E-state index contributed by atoms with van der Waals surface area (Å²) in [6, 6.07) is 4.09. The molecule has 1 fully saturated rings. The number of rotatable bonds is 5. The molecule has 7 heteroatoms. The van der Waals surface area contributed by atoms with Crippen molar-refractivity contribution < 1.29 is 14.8 Å². The monoisotopic (exact) mass is 293 g/mol. The summed E-state index contributed by atoms with van der Waals surface area (Å²) in [5.41, 5.74) is -0.157. The summed E-state index contributed by atoms with van der Waals surface area (Å²) >= 11 is 0. The molecule has 0 bridgehead atoms. The Hall–Kier alpha value is -2.15. The van der Waals surface area contributed by atoms with Gasteiger partial charge in [-0.1, -0.05) is 6.07 Å². The number of anilines is 1. The summed E-state index contributed by atoms with van der Waals surface area (Å²) in [5.74, 6) is -0.799. The van der Waals surface area contributed by atoms with Crippen molar-refractivity contribution in [2.24, 2.45) is 5.92 Å². The number of nitro groups is 1. The molecule has 0 radical (unpaired) electrons. The van der Waals surface area contributed by atoms with Gasteiger partial charge >= 0.3 is 5.97 Å². The molecule has 1 aliphatic rings. The molecule has 0 amide bonds. The lowest BCUT2D eigenvalue weighted by Crippen LogP contribution is -2.35. The van der Waals surface area contributed by atoms with E-state index in [0.29, 0.717) is 12.5 Å². The first-order chi connectivity index (χ1) is 9.99. The van der Waals surface area contributed by atoms with E-state index >= 15 is 0 Å². The van der Waals surface area contributed by atoms with Crippen molar-refractivity contribution in [2.45, 2.75) is 12.8 Å². The standard InChI is InChI=1S/C14H19N3O4/c1-16-7-3-4-10(9-16)8-15-13-11(14(18)19)5-2-6-12(13)17(20)21/h2,5-6,10,15H,3-4,7-9H2,1H3,(H,18,19). The van der Waals surface area contributed by atoms with Crippen LogP contribution in [0.5, 0.6) is 0 Å². The molecule has 1 saturated heterocycles. The molecule has 1 unspecified atom stereocenters. The third kappa shape index (κ3) is 3.69. The molecule has 1 aliphatic heterocycles. The lowest BCUT2D eigenvalue weighted by atomic mass is 9.98. The predicted octanol–water partition coefficient (Wildman–Crippen LogP) is 2.05. The highest BCUT2D eigenvalue weighted by Gasteiger charge is 2.23. The van der Waals surface area contributed by atoms with Crippen LogP contribution in [0.15, 0.2) is 18.2 Å². The minimum Gasteiger partial charge on any atom is -0.478 e. The largest absolute Gasteiger partial charge is 0.478 e. The van der Waals surface area contributed by atoms with Gasteiger partial charge < -0.3 is 15.3 Å². The molecule has 21 heavy (non-hydrogen) atoms. The molecule has 1 atom stereocenters. The number of carbonyl (C=O) groups is 1. The lowest BCUT2D eigenvalue weighted by molar-refractivity contribution is -0.384. The first-order valence-corrected chi connectivity index (χ1v) is 6.92. The van der Waals surface area contributed by atoms with Crippen LogP contribution in [0.1, 0.15) is 23.2 Å². The number of benzene rings is 1. The molecule has 0 aromatic heterocycles. The van der Waals surface area contributed by atoms with Crippen molar-refractivity contribution in [3.05, 3.63) is 33.9 Å². The van der Waals surface area contributed by atoms with Gasteiger partial charge in [-0.2, -0.15) is 0 Å². The number of para-hydroxylation sites is 1. The van der Waals surface area contributed by atoms with Gasteiger partial charge in [0.15, 0.2) is 0 Å². The van der Waals surface area contributed by atoms with Gasteiger partial charge in [0.25, 0.3) is 5.69 Å². The Morgan fingerprint density at radius 2 is 2.33 bits per heavy atom. The van der Waals surface area contributed by atoms with Crippen LogP contribution in [0.25, 0.3) is 0 Å². The van der Waals surface area contributed by atoms with E-state index in [1.54, 1.807) is 0 Å². The van der Waals surface area contributed by atoms with Crippen LogP contribution in [0.2, 0.25) is 0 Å². The molecule has 1 aromatic carbocycles. The van der Waals surface area contributed by atoms with E-state index < -0.39 is 10.9 Å². The topological polar surface area (TPSA) is 95.7 Å². The number of hydrogen-bond acceptors (Lipinski definition) is 5. The SMILES string of the molecule is CN1CCCC(CNc2c(C(=O)O)cccc2[N+](=O)[O-])C1. The Kier molecular flexibility index (Phi) is 4.74. The molecule has 7 nitrogen and oxygen atoms in total. The van der Waals surface area contributed by atoms with Crippen molar-refractivity contribution >= 4 is 17.3 Å². The number of nitrogens with one attached hydrogen (secondary N) is 1. The molecule has 0 aliphatic carbocycles. The predicted molar refractivity (Wildman–Crippen MR) is 78.8 cm³/mol. The lowest BCUT2D eigenvalue weighted by Gasteiger charge is -2.30. The van der Waals surface area contributed by atoms with E-state index in [4.69, 9.17) is 0 Å². The van der Waals surface area contributed by atoms with Crippen molar-refractivity contribution in [1.82, 2.24) is 4.90 Å². The van der Waals surface area contributed by atoms with Crippen molar-refractivity contribution in [2.75, 3.05) is 32.0 Å². The summed E-state index contributed by atoms with van der Waals surface area (Å²) in [7, 11) is 2.04. The maximum absolute atomic E-state index is 11.2. The fourth-order valence-electron chi connectivity index (χ4n) is 2.74. The molecule has 0 spiro atoms. The van der Waals surface area contributed by atoms with Crippen LogP contribution < -0.4 is 5.32 Å². The van der Waals surface area contributed by atoms with Crippen molar-refractivity contribution in [3.63, 3.8) is 0 Å². The third-order valence-electron chi connectivity index (χ3n) is 3.76. The van der Waals surface area contributed by atoms with E-state index in [-0.39, 0.29) is 16.9 Å². The third-order valence-corrected chi connectivity index (χ3v) is 3.76. The number of hydrogen-bond donors (Lipinski definition) is 2. The van der Waals surface area contributed by atoms with Gasteiger partial charge in [-0.15, -0.1) is 0 Å². The normalized spacial score (nSPS) is 19.2. The van der Waals surface area contributed by atoms with Crippen molar-refractivity contribution in [1.29, 1.82) is 0 Å². The summed E-state index contributed by atoms with van der Waals surface area (Å²) < 4.78 is 0. The second-order valence-electron chi connectivity index (χ2n) is 5.41. The van der Waals surface area contributed by atoms with Crippen LogP contribution in [0.3, 0.4) is 0 Å². The number of carboxylic acid groups (broad SMARTS) is 1. The number of nitrogens with zero attached hydrogens (tertiary/aromatic N) is 2. The van der Waals surface area contributed by atoms with E-state index in [0.717, 1.165) is 25.9 Å². The maximum atomic E-state index is 11.2. The highest BCUT2D eigenvalue weighted by Crippen LogP contribution is 2.29. The Bertz CT molecular complexity index is 515. The van der Waals surface area contributed by atoms with Crippen LogP contribution in [0, 0.1) is 16.0 Å². The number of carboxylic acids is 1. The van der Waals surface area contributed by atoms with Gasteiger partial charge in [0.1, 0.15) is 5.69 Å². The quantitative estimate of drug-likeness (QED) is 0.637. The number of likely N-dealkylation sites (tertiary alicyclic amines) is 1.